The Balaban J connectivity index is 2.15. The molecule has 2 aromatic rings. The van der Waals surface area contributed by atoms with Crippen LogP contribution in [-0.4, -0.2) is 25.0 Å². The first-order chi connectivity index (χ1) is 10.0. The number of amides is 1. The van der Waals surface area contributed by atoms with Crippen molar-refractivity contribution in [1.82, 2.24) is 10.3 Å². The molecule has 0 aliphatic rings. The van der Waals surface area contributed by atoms with E-state index in [9.17, 15) is 9.18 Å². The highest BCUT2D eigenvalue weighted by molar-refractivity contribution is 6.33. The summed E-state index contributed by atoms with van der Waals surface area (Å²) in [6.45, 7) is 0.241. The largest absolute Gasteiger partial charge is 0.362 e. The zero-order valence-electron chi connectivity index (χ0n) is 11.7. The number of hydrogen-bond donors (Lipinski definition) is 1. The number of nitrogens with zero attached hydrogens (tertiary/aromatic N) is 2. The van der Waals surface area contributed by atoms with Crippen molar-refractivity contribution in [3.63, 3.8) is 0 Å². The highest BCUT2D eigenvalue weighted by Crippen LogP contribution is 2.19. The van der Waals surface area contributed by atoms with Crippen molar-refractivity contribution >= 4 is 23.3 Å². The lowest BCUT2D eigenvalue weighted by molar-refractivity contribution is 0.0947. The van der Waals surface area contributed by atoms with E-state index in [-0.39, 0.29) is 17.1 Å². The molecule has 1 aromatic carbocycles. The number of carbonyl (C=O) groups is 1. The van der Waals surface area contributed by atoms with E-state index in [1.807, 2.05) is 25.1 Å². The zero-order chi connectivity index (χ0) is 15.4. The lowest BCUT2D eigenvalue weighted by Gasteiger charge is -2.16. The van der Waals surface area contributed by atoms with Crippen LogP contribution in [0.4, 0.5) is 10.2 Å². The number of hydrogen-bond acceptors (Lipinski definition) is 3. The highest BCUT2D eigenvalue weighted by Gasteiger charge is 2.16. The fourth-order valence-electron chi connectivity index (χ4n) is 1.95. The number of aromatic nitrogens is 1. The molecule has 0 aliphatic heterocycles. The minimum atomic E-state index is -0.640. The molecule has 6 heteroatoms. The van der Waals surface area contributed by atoms with E-state index >= 15 is 0 Å². The van der Waals surface area contributed by atoms with Gasteiger partial charge in [0.25, 0.3) is 5.91 Å². The van der Waals surface area contributed by atoms with Crippen LogP contribution in [0.3, 0.4) is 0 Å². The molecule has 0 fully saturated rings. The van der Waals surface area contributed by atoms with E-state index in [4.69, 9.17) is 11.6 Å². The second-order valence-corrected chi connectivity index (χ2v) is 5.07. The molecule has 1 heterocycles. The number of carbonyl (C=O) groups excluding carboxylic acids is 1. The smallest absolute Gasteiger partial charge is 0.256 e. The van der Waals surface area contributed by atoms with Gasteiger partial charge in [-0.3, -0.25) is 4.79 Å². The van der Waals surface area contributed by atoms with E-state index in [2.05, 4.69) is 10.3 Å². The van der Waals surface area contributed by atoms with Crippen molar-refractivity contribution in [3.05, 3.63) is 58.5 Å². The molecule has 21 heavy (non-hydrogen) atoms. The van der Waals surface area contributed by atoms with Gasteiger partial charge in [-0.1, -0.05) is 23.7 Å². The Labute approximate surface area is 127 Å². The molecule has 0 saturated heterocycles. The van der Waals surface area contributed by atoms with Crippen LogP contribution in [0.2, 0.25) is 5.02 Å². The SMILES string of the molecule is CN(C)c1ncccc1CNC(=O)c1c(F)cccc1Cl. The van der Waals surface area contributed by atoms with Gasteiger partial charge < -0.3 is 10.2 Å². The first-order valence-corrected chi connectivity index (χ1v) is 6.72. The standard InChI is InChI=1S/C15H15ClFN3O/c1-20(2)14-10(5-4-8-18-14)9-19-15(21)13-11(16)6-3-7-12(13)17/h3-8H,9H2,1-2H3,(H,19,21). The first-order valence-electron chi connectivity index (χ1n) is 6.34. The molecule has 110 valence electrons. The molecule has 0 spiro atoms. The summed E-state index contributed by atoms with van der Waals surface area (Å²) >= 11 is 5.87. The van der Waals surface area contributed by atoms with Crippen LogP contribution in [0.25, 0.3) is 0 Å². The van der Waals surface area contributed by atoms with Crippen LogP contribution in [0.15, 0.2) is 36.5 Å². The Morgan fingerprint density at radius 3 is 2.76 bits per heavy atom. The molecule has 1 N–H and O–H groups in total. The average molecular weight is 308 g/mol. The van der Waals surface area contributed by atoms with Crippen LogP contribution < -0.4 is 10.2 Å². The van der Waals surface area contributed by atoms with Gasteiger partial charge in [0.2, 0.25) is 0 Å². The van der Waals surface area contributed by atoms with Crippen molar-refractivity contribution in [3.8, 4) is 0 Å². The topological polar surface area (TPSA) is 45.2 Å². The molecule has 0 bridgehead atoms. The van der Waals surface area contributed by atoms with Gasteiger partial charge in [-0.2, -0.15) is 0 Å². The summed E-state index contributed by atoms with van der Waals surface area (Å²) in [5, 5.41) is 2.75. The van der Waals surface area contributed by atoms with Crippen molar-refractivity contribution < 1.29 is 9.18 Å². The minimum absolute atomic E-state index is 0.0894. The predicted octanol–water partition coefficient (Wildman–Crippen LogP) is 2.87. The molecular formula is C15H15ClFN3O. The predicted molar refractivity (Wildman–Crippen MR) is 81.1 cm³/mol. The quantitative estimate of drug-likeness (QED) is 0.944. The van der Waals surface area contributed by atoms with E-state index in [1.165, 1.54) is 18.2 Å². The number of rotatable bonds is 4. The summed E-state index contributed by atoms with van der Waals surface area (Å²) in [5.74, 6) is -0.442. The molecular weight excluding hydrogens is 293 g/mol. The fourth-order valence-corrected chi connectivity index (χ4v) is 2.20. The van der Waals surface area contributed by atoms with Crippen LogP contribution in [0.1, 0.15) is 15.9 Å². The van der Waals surface area contributed by atoms with E-state index in [0.717, 1.165) is 11.4 Å². The molecule has 4 nitrogen and oxygen atoms in total. The zero-order valence-corrected chi connectivity index (χ0v) is 12.5. The summed E-state index contributed by atoms with van der Waals surface area (Å²) in [4.78, 5) is 18.2. The maximum Gasteiger partial charge on any atom is 0.256 e. The van der Waals surface area contributed by atoms with Crippen molar-refractivity contribution in [1.29, 1.82) is 0 Å². The van der Waals surface area contributed by atoms with Gasteiger partial charge in [0.05, 0.1) is 10.6 Å². The number of benzene rings is 1. The highest BCUT2D eigenvalue weighted by atomic mass is 35.5. The molecule has 0 atom stereocenters. The molecule has 0 unspecified atom stereocenters. The Morgan fingerprint density at radius 2 is 2.10 bits per heavy atom. The second kappa shape index (κ2) is 6.54. The van der Waals surface area contributed by atoms with Gasteiger partial charge in [-0.05, 0) is 18.2 Å². The summed E-state index contributed by atoms with van der Waals surface area (Å²) in [6, 6.07) is 7.78. The third-order valence-corrected chi connectivity index (χ3v) is 3.24. The summed E-state index contributed by atoms with van der Waals surface area (Å²) in [6.07, 6.45) is 1.67. The lowest BCUT2D eigenvalue weighted by atomic mass is 10.2. The van der Waals surface area contributed by atoms with Crippen LogP contribution >= 0.6 is 11.6 Å². The lowest BCUT2D eigenvalue weighted by Crippen LogP contribution is -2.25. The van der Waals surface area contributed by atoms with Gasteiger partial charge in [-0.25, -0.2) is 9.37 Å². The van der Waals surface area contributed by atoms with Gasteiger partial charge in [-0.15, -0.1) is 0 Å². The molecule has 2 rings (SSSR count). The first kappa shape index (κ1) is 15.3. The second-order valence-electron chi connectivity index (χ2n) is 4.66. The van der Waals surface area contributed by atoms with Gasteiger partial charge in [0.1, 0.15) is 11.6 Å². The summed E-state index contributed by atoms with van der Waals surface area (Å²) in [7, 11) is 3.72. The molecule has 1 aromatic heterocycles. The van der Waals surface area contributed by atoms with Crippen molar-refractivity contribution in [2.45, 2.75) is 6.54 Å². The number of anilines is 1. The van der Waals surface area contributed by atoms with Gasteiger partial charge in [0.15, 0.2) is 0 Å². The molecule has 0 saturated carbocycles. The van der Waals surface area contributed by atoms with Gasteiger partial charge in [0, 0.05) is 32.4 Å². The fraction of sp³-hybridized carbons (Fsp3) is 0.200. The summed E-state index contributed by atoms with van der Waals surface area (Å²) in [5.41, 5.74) is 0.692. The minimum Gasteiger partial charge on any atom is -0.362 e. The Kier molecular flexibility index (Phi) is 4.75. The third-order valence-electron chi connectivity index (χ3n) is 2.92. The van der Waals surface area contributed by atoms with Crippen molar-refractivity contribution in [2.75, 3.05) is 19.0 Å². The van der Waals surface area contributed by atoms with E-state index < -0.39 is 11.7 Å². The van der Waals surface area contributed by atoms with Crippen LogP contribution in [0.5, 0.6) is 0 Å². The normalized spacial score (nSPS) is 10.3. The molecule has 0 radical (unpaired) electrons. The maximum atomic E-state index is 13.7. The maximum absolute atomic E-state index is 13.7. The van der Waals surface area contributed by atoms with E-state index in [0.29, 0.717) is 0 Å². The van der Waals surface area contributed by atoms with Crippen LogP contribution in [0, 0.1) is 5.82 Å². The Morgan fingerprint density at radius 1 is 1.33 bits per heavy atom. The Hall–Kier alpha value is -2.14. The summed E-state index contributed by atoms with van der Waals surface area (Å²) < 4.78 is 13.7. The number of nitrogens with one attached hydrogen (secondary N) is 1. The average Bonchev–Trinajstić information content (AvgIpc) is 2.45. The number of pyridine rings is 1. The van der Waals surface area contributed by atoms with Crippen molar-refractivity contribution in [2.24, 2.45) is 0 Å². The monoisotopic (exact) mass is 307 g/mol. The number of halogens is 2. The van der Waals surface area contributed by atoms with E-state index in [1.54, 1.807) is 12.3 Å². The third kappa shape index (κ3) is 3.49. The van der Waals surface area contributed by atoms with Gasteiger partial charge >= 0.3 is 0 Å². The Bertz CT molecular complexity index is 641. The van der Waals surface area contributed by atoms with Crippen LogP contribution in [-0.2, 0) is 6.54 Å². The molecule has 1 amide bonds. The molecule has 0 aliphatic carbocycles.